The SMILES string of the molecule is COc1ccc(C)cc1NC(=O)Cn1c(C)ncc(-c2nc(-c3ccccc3)cs2)c1=O. The molecule has 0 spiro atoms. The number of hydrogen-bond acceptors (Lipinski definition) is 6. The molecule has 0 atom stereocenters. The average Bonchev–Trinajstić information content (AvgIpc) is 3.27. The quantitative estimate of drug-likeness (QED) is 0.477. The van der Waals surface area contributed by atoms with Crippen molar-refractivity contribution in [1.82, 2.24) is 14.5 Å². The van der Waals surface area contributed by atoms with Crippen LogP contribution in [-0.2, 0) is 11.3 Å². The van der Waals surface area contributed by atoms with E-state index in [4.69, 9.17) is 4.74 Å². The number of methoxy groups -OCH3 is 1. The van der Waals surface area contributed by atoms with Crippen LogP contribution in [0.15, 0.2) is 64.9 Å². The zero-order valence-electron chi connectivity index (χ0n) is 18.0. The molecule has 4 rings (SSSR count). The van der Waals surface area contributed by atoms with Crippen molar-refractivity contribution in [2.24, 2.45) is 0 Å². The van der Waals surface area contributed by atoms with Crippen LogP contribution in [-0.4, -0.2) is 27.6 Å². The minimum absolute atomic E-state index is 0.167. The van der Waals surface area contributed by atoms with Gasteiger partial charge in [-0.15, -0.1) is 11.3 Å². The summed E-state index contributed by atoms with van der Waals surface area (Å²) in [6, 6.07) is 15.3. The van der Waals surface area contributed by atoms with Gasteiger partial charge < -0.3 is 10.1 Å². The van der Waals surface area contributed by atoms with Crippen molar-refractivity contribution < 1.29 is 9.53 Å². The largest absolute Gasteiger partial charge is 0.495 e. The highest BCUT2D eigenvalue weighted by atomic mass is 32.1. The van der Waals surface area contributed by atoms with Crippen molar-refractivity contribution >= 4 is 22.9 Å². The van der Waals surface area contributed by atoms with E-state index in [1.54, 1.807) is 20.1 Å². The molecule has 2 aromatic heterocycles. The maximum Gasteiger partial charge on any atom is 0.264 e. The molecule has 2 heterocycles. The summed E-state index contributed by atoms with van der Waals surface area (Å²) in [5.74, 6) is 0.656. The molecule has 1 N–H and O–H groups in total. The fraction of sp³-hybridized carbons (Fsp3) is 0.167. The number of aryl methyl sites for hydroxylation is 2. The first-order chi connectivity index (χ1) is 15.5. The molecule has 0 aliphatic rings. The number of carbonyl (C=O) groups is 1. The van der Waals surface area contributed by atoms with E-state index in [1.165, 1.54) is 22.1 Å². The predicted molar refractivity (Wildman–Crippen MR) is 126 cm³/mol. The van der Waals surface area contributed by atoms with Crippen molar-refractivity contribution in [2.45, 2.75) is 20.4 Å². The Hall–Kier alpha value is -3.78. The maximum absolute atomic E-state index is 13.2. The Balaban J connectivity index is 1.61. The summed E-state index contributed by atoms with van der Waals surface area (Å²) in [6.07, 6.45) is 1.52. The molecule has 0 saturated carbocycles. The Kier molecular flexibility index (Phi) is 6.13. The van der Waals surface area contributed by atoms with Crippen LogP contribution < -0.4 is 15.6 Å². The number of anilines is 1. The smallest absolute Gasteiger partial charge is 0.264 e. The zero-order chi connectivity index (χ0) is 22.7. The first-order valence-corrected chi connectivity index (χ1v) is 10.9. The number of ether oxygens (including phenoxy) is 1. The second kappa shape index (κ2) is 9.15. The third kappa shape index (κ3) is 4.45. The van der Waals surface area contributed by atoms with E-state index < -0.39 is 0 Å². The van der Waals surface area contributed by atoms with Crippen LogP contribution in [0.3, 0.4) is 0 Å². The molecule has 0 unspecified atom stereocenters. The van der Waals surface area contributed by atoms with E-state index >= 15 is 0 Å². The lowest BCUT2D eigenvalue weighted by Crippen LogP contribution is -2.31. The van der Waals surface area contributed by atoms with Gasteiger partial charge in [0.05, 0.1) is 24.1 Å². The second-order valence-electron chi connectivity index (χ2n) is 7.27. The number of carbonyl (C=O) groups excluding carboxylic acids is 1. The van der Waals surface area contributed by atoms with Gasteiger partial charge in [-0.05, 0) is 31.5 Å². The lowest BCUT2D eigenvalue weighted by atomic mass is 10.2. The van der Waals surface area contributed by atoms with Crippen molar-refractivity contribution in [3.05, 3.63) is 81.8 Å². The molecule has 0 aliphatic heterocycles. The van der Waals surface area contributed by atoms with Gasteiger partial charge in [0.2, 0.25) is 5.91 Å². The topological polar surface area (TPSA) is 86.1 Å². The third-order valence-electron chi connectivity index (χ3n) is 4.98. The summed E-state index contributed by atoms with van der Waals surface area (Å²) in [5, 5.41) is 5.30. The van der Waals surface area contributed by atoms with Crippen LogP contribution in [0.4, 0.5) is 5.69 Å². The summed E-state index contributed by atoms with van der Waals surface area (Å²) in [6.45, 7) is 3.46. The summed E-state index contributed by atoms with van der Waals surface area (Å²) in [5.41, 5.74) is 3.36. The third-order valence-corrected chi connectivity index (χ3v) is 5.86. The molecular formula is C24H22N4O3S. The van der Waals surface area contributed by atoms with E-state index in [2.05, 4.69) is 15.3 Å². The molecule has 1 amide bonds. The molecule has 0 fully saturated rings. The van der Waals surface area contributed by atoms with E-state index in [0.717, 1.165) is 16.8 Å². The van der Waals surface area contributed by atoms with Crippen LogP contribution in [0, 0.1) is 13.8 Å². The Labute approximate surface area is 189 Å². The van der Waals surface area contributed by atoms with Crippen molar-refractivity contribution in [1.29, 1.82) is 0 Å². The second-order valence-corrected chi connectivity index (χ2v) is 8.12. The van der Waals surface area contributed by atoms with Gasteiger partial charge in [-0.2, -0.15) is 0 Å². The Morgan fingerprint density at radius 1 is 1.16 bits per heavy atom. The van der Waals surface area contributed by atoms with Gasteiger partial charge in [-0.1, -0.05) is 36.4 Å². The molecule has 162 valence electrons. The summed E-state index contributed by atoms with van der Waals surface area (Å²) < 4.78 is 6.67. The number of nitrogens with one attached hydrogen (secondary N) is 1. The summed E-state index contributed by atoms with van der Waals surface area (Å²) in [7, 11) is 1.54. The van der Waals surface area contributed by atoms with Gasteiger partial charge in [0.1, 0.15) is 23.1 Å². The molecule has 2 aromatic carbocycles. The molecule has 0 radical (unpaired) electrons. The number of hydrogen-bond donors (Lipinski definition) is 1. The monoisotopic (exact) mass is 446 g/mol. The summed E-state index contributed by atoms with van der Waals surface area (Å²) in [4.78, 5) is 34.9. The molecule has 7 nitrogen and oxygen atoms in total. The molecule has 0 aliphatic carbocycles. The van der Waals surface area contributed by atoms with E-state index in [-0.39, 0.29) is 18.0 Å². The normalized spacial score (nSPS) is 10.7. The van der Waals surface area contributed by atoms with Crippen LogP contribution in [0.5, 0.6) is 5.75 Å². The predicted octanol–water partition coefficient (Wildman–Crippen LogP) is 4.30. The van der Waals surface area contributed by atoms with E-state index in [9.17, 15) is 9.59 Å². The van der Waals surface area contributed by atoms with Gasteiger partial charge in [-0.25, -0.2) is 9.97 Å². The van der Waals surface area contributed by atoms with Crippen LogP contribution >= 0.6 is 11.3 Å². The summed E-state index contributed by atoms with van der Waals surface area (Å²) >= 11 is 1.37. The molecule has 0 saturated heterocycles. The highest BCUT2D eigenvalue weighted by molar-refractivity contribution is 7.13. The Morgan fingerprint density at radius 2 is 1.94 bits per heavy atom. The maximum atomic E-state index is 13.2. The number of thiazole rings is 1. The zero-order valence-corrected chi connectivity index (χ0v) is 18.8. The van der Waals surface area contributed by atoms with Gasteiger partial charge in [0, 0.05) is 17.1 Å². The first kappa shape index (κ1) is 21.5. The highest BCUT2D eigenvalue weighted by Gasteiger charge is 2.16. The fourth-order valence-electron chi connectivity index (χ4n) is 3.30. The molecule has 32 heavy (non-hydrogen) atoms. The number of rotatable bonds is 6. The van der Waals surface area contributed by atoms with Crippen LogP contribution in [0.1, 0.15) is 11.4 Å². The van der Waals surface area contributed by atoms with Gasteiger partial charge in [-0.3, -0.25) is 14.2 Å². The van der Waals surface area contributed by atoms with Crippen molar-refractivity contribution in [3.8, 4) is 27.6 Å². The van der Waals surface area contributed by atoms with Gasteiger partial charge >= 0.3 is 0 Å². The Bertz CT molecular complexity index is 1330. The van der Waals surface area contributed by atoms with Crippen molar-refractivity contribution in [3.63, 3.8) is 0 Å². The molecular weight excluding hydrogens is 424 g/mol. The van der Waals surface area contributed by atoms with Crippen LogP contribution in [0.25, 0.3) is 21.8 Å². The number of aromatic nitrogens is 3. The van der Waals surface area contributed by atoms with Gasteiger partial charge in [0.25, 0.3) is 5.56 Å². The number of nitrogens with zero attached hydrogens (tertiary/aromatic N) is 3. The lowest BCUT2D eigenvalue weighted by Gasteiger charge is -2.13. The number of benzene rings is 2. The van der Waals surface area contributed by atoms with E-state index in [0.29, 0.717) is 27.8 Å². The van der Waals surface area contributed by atoms with E-state index in [1.807, 2.05) is 54.8 Å². The Morgan fingerprint density at radius 3 is 2.69 bits per heavy atom. The van der Waals surface area contributed by atoms with Crippen molar-refractivity contribution in [2.75, 3.05) is 12.4 Å². The average molecular weight is 447 g/mol. The molecule has 0 bridgehead atoms. The molecule has 8 heteroatoms. The highest BCUT2D eigenvalue weighted by Crippen LogP contribution is 2.27. The fourth-order valence-corrected chi connectivity index (χ4v) is 4.13. The number of amides is 1. The van der Waals surface area contributed by atoms with Gasteiger partial charge in [0.15, 0.2) is 0 Å². The van der Waals surface area contributed by atoms with Crippen LogP contribution in [0.2, 0.25) is 0 Å². The standard InChI is InChI=1S/C24H22N4O3S/c1-15-9-10-21(31-3)19(11-15)26-22(29)13-28-16(2)25-12-18(24(28)30)23-27-20(14-32-23)17-7-5-4-6-8-17/h4-12,14H,13H2,1-3H3,(H,26,29). The lowest BCUT2D eigenvalue weighted by molar-refractivity contribution is -0.116. The minimum atomic E-state index is -0.345. The molecule has 4 aromatic rings. The first-order valence-electron chi connectivity index (χ1n) is 9.98. The minimum Gasteiger partial charge on any atom is -0.495 e.